The molecular formula is C11H9NO2. The van der Waals surface area contributed by atoms with Gasteiger partial charge in [0.05, 0.1) is 5.56 Å². The van der Waals surface area contributed by atoms with E-state index in [-0.39, 0.29) is 5.56 Å². The summed E-state index contributed by atoms with van der Waals surface area (Å²) in [6.07, 6.45) is 1.58. The number of carbonyl (C=O) groups is 1. The molecular weight excluding hydrogens is 178 g/mol. The molecule has 3 heteroatoms. The Balaban J connectivity index is 2.98. The molecule has 0 aliphatic rings. The molecule has 0 saturated heterocycles. The van der Waals surface area contributed by atoms with Crippen molar-refractivity contribution in [1.29, 1.82) is 5.26 Å². The molecule has 0 aliphatic carbocycles. The highest BCUT2D eigenvalue weighted by molar-refractivity contribution is 6.09. The van der Waals surface area contributed by atoms with Crippen LogP contribution in [0.4, 0.5) is 0 Å². The summed E-state index contributed by atoms with van der Waals surface area (Å²) in [5.41, 5.74) is 0.289. The van der Waals surface area contributed by atoms with Crippen LogP contribution in [0.5, 0.6) is 5.75 Å². The summed E-state index contributed by atoms with van der Waals surface area (Å²) >= 11 is 0. The van der Waals surface area contributed by atoms with Crippen LogP contribution in [0, 0.1) is 11.3 Å². The highest BCUT2D eigenvalue weighted by Crippen LogP contribution is 2.17. The van der Waals surface area contributed by atoms with Crippen LogP contribution in [0.1, 0.15) is 10.4 Å². The van der Waals surface area contributed by atoms with E-state index in [4.69, 9.17) is 10.00 Å². The van der Waals surface area contributed by atoms with E-state index in [1.807, 2.05) is 0 Å². The van der Waals surface area contributed by atoms with Crippen LogP contribution in [0.25, 0.3) is 0 Å². The summed E-state index contributed by atoms with van der Waals surface area (Å²) in [7, 11) is 0. The van der Waals surface area contributed by atoms with E-state index < -0.39 is 5.78 Å². The minimum Gasteiger partial charge on any atom is -0.489 e. The SMILES string of the molecule is C=CCOc1ccccc1C(=O)C#N. The maximum Gasteiger partial charge on any atom is 0.265 e. The van der Waals surface area contributed by atoms with E-state index in [0.717, 1.165) is 0 Å². The molecule has 14 heavy (non-hydrogen) atoms. The quantitative estimate of drug-likeness (QED) is 0.411. The Morgan fingerprint density at radius 1 is 1.57 bits per heavy atom. The predicted molar refractivity (Wildman–Crippen MR) is 52.1 cm³/mol. The van der Waals surface area contributed by atoms with Crippen LogP contribution in [0.3, 0.4) is 0 Å². The zero-order valence-electron chi connectivity index (χ0n) is 7.56. The van der Waals surface area contributed by atoms with Gasteiger partial charge in [0.15, 0.2) is 0 Å². The first-order valence-corrected chi connectivity index (χ1v) is 4.06. The molecule has 0 atom stereocenters. The zero-order valence-corrected chi connectivity index (χ0v) is 7.56. The Morgan fingerprint density at radius 3 is 2.93 bits per heavy atom. The number of benzene rings is 1. The fourth-order valence-corrected chi connectivity index (χ4v) is 0.989. The van der Waals surface area contributed by atoms with Gasteiger partial charge in [0.2, 0.25) is 0 Å². The molecule has 1 aromatic rings. The van der Waals surface area contributed by atoms with Gasteiger partial charge in [-0.2, -0.15) is 5.26 Å². The summed E-state index contributed by atoms with van der Waals surface area (Å²) in [6, 6.07) is 8.19. The molecule has 0 aliphatic heterocycles. The molecule has 0 N–H and O–H groups in total. The van der Waals surface area contributed by atoms with Crippen molar-refractivity contribution in [2.75, 3.05) is 6.61 Å². The molecule has 0 saturated carbocycles. The molecule has 0 spiro atoms. The minimum absolute atomic E-state index is 0.289. The van der Waals surface area contributed by atoms with E-state index in [2.05, 4.69) is 6.58 Å². The molecule has 0 fully saturated rings. The number of ether oxygens (including phenoxy) is 1. The van der Waals surface area contributed by atoms with Crippen LogP contribution in [-0.4, -0.2) is 12.4 Å². The first-order valence-electron chi connectivity index (χ1n) is 4.06. The molecule has 0 heterocycles. The number of nitriles is 1. The van der Waals surface area contributed by atoms with Gasteiger partial charge in [0.25, 0.3) is 5.78 Å². The smallest absolute Gasteiger partial charge is 0.265 e. The lowest BCUT2D eigenvalue weighted by Gasteiger charge is -2.05. The van der Waals surface area contributed by atoms with Crippen LogP contribution < -0.4 is 4.74 Å². The Morgan fingerprint density at radius 2 is 2.29 bits per heavy atom. The van der Waals surface area contributed by atoms with Gasteiger partial charge in [-0.25, -0.2) is 0 Å². The Labute approximate surface area is 82.2 Å². The van der Waals surface area contributed by atoms with Crippen molar-refractivity contribution in [3.05, 3.63) is 42.5 Å². The van der Waals surface area contributed by atoms with Crippen LogP contribution in [0.2, 0.25) is 0 Å². The normalized spacial score (nSPS) is 8.79. The van der Waals surface area contributed by atoms with Crippen molar-refractivity contribution < 1.29 is 9.53 Å². The third-order valence-corrected chi connectivity index (χ3v) is 1.59. The highest BCUT2D eigenvalue weighted by atomic mass is 16.5. The van der Waals surface area contributed by atoms with Gasteiger partial charge < -0.3 is 4.74 Å². The third-order valence-electron chi connectivity index (χ3n) is 1.59. The van der Waals surface area contributed by atoms with Crippen LogP contribution in [-0.2, 0) is 0 Å². The van der Waals surface area contributed by atoms with Gasteiger partial charge >= 0.3 is 0 Å². The Kier molecular flexibility index (Phi) is 3.45. The van der Waals surface area contributed by atoms with Gasteiger partial charge in [0.1, 0.15) is 18.4 Å². The maximum atomic E-state index is 11.1. The van der Waals surface area contributed by atoms with Crippen molar-refractivity contribution in [2.45, 2.75) is 0 Å². The van der Waals surface area contributed by atoms with Crippen molar-refractivity contribution >= 4 is 5.78 Å². The largest absolute Gasteiger partial charge is 0.489 e. The molecule has 0 amide bonds. The van der Waals surface area contributed by atoms with Crippen LogP contribution in [0.15, 0.2) is 36.9 Å². The zero-order chi connectivity index (χ0) is 10.4. The summed E-state index contributed by atoms with van der Waals surface area (Å²) < 4.78 is 5.22. The molecule has 0 unspecified atom stereocenters. The maximum absolute atomic E-state index is 11.1. The lowest BCUT2D eigenvalue weighted by atomic mass is 10.1. The highest BCUT2D eigenvalue weighted by Gasteiger charge is 2.09. The lowest BCUT2D eigenvalue weighted by molar-refractivity contribution is 0.105. The number of ketones is 1. The second-order valence-electron chi connectivity index (χ2n) is 2.54. The first-order chi connectivity index (χ1) is 6.79. The topological polar surface area (TPSA) is 50.1 Å². The second-order valence-corrected chi connectivity index (χ2v) is 2.54. The number of rotatable bonds is 4. The minimum atomic E-state index is -0.593. The van der Waals surface area contributed by atoms with E-state index in [1.165, 1.54) is 0 Å². The van der Waals surface area contributed by atoms with Gasteiger partial charge in [-0.05, 0) is 12.1 Å². The average molecular weight is 187 g/mol. The first kappa shape index (κ1) is 10.0. The van der Waals surface area contributed by atoms with Gasteiger partial charge in [-0.1, -0.05) is 24.8 Å². The Hall–Kier alpha value is -2.08. The summed E-state index contributed by atoms with van der Waals surface area (Å²) in [6.45, 7) is 3.81. The summed E-state index contributed by atoms with van der Waals surface area (Å²) in [5.74, 6) is -0.177. The molecule has 0 bridgehead atoms. The van der Waals surface area contributed by atoms with Crippen molar-refractivity contribution in [3.63, 3.8) is 0 Å². The van der Waals surface area contributed by atoms with E-state index in [9.17, 15) is 4.79 Å². The molecule has 1 rings (SSSR count). The van der Waals surface area contributed by atoms with Crippen LogP contribution >= 0.6 is 0 Å². The third kappa shape index (κ3) is 2.20. The predicted octanol–water partition coefficient (Wildman–Crippen LogP) is 1.96. The fraction of sp³-hybridized carbons (Fsp3) is 0.0909. The van der Waals surface area contributed by atoms with Crippen molar-refractivity contribution in [1.82, 2.24) is 0 Å². The van der Waals surface area contributed by atoms with Gasteiger partial charge in [-0.3, -0.25) is 4.79 Å². The molecule has 0 aromatic heterocycles. The molecule has 70 valence electrons. The second kappa shape index (κ2) is 4.83. The lowest BCUT2D eigenvalue weighted by Crippen LogP contribution is -2.01. The number of hydrogen-bond acceptors (Lipinski definition) is 3. The number of nitrogens with zero attached hydrogens (tertiary/aromatic N) is 1. The van der Waals surface area contributed by atoms with E-state index in [0.29, 0.717) is 12.4 Å². The fourth-order valence-electron chi connectivity index (χ4n) is 0.989. The summed E-state index contributed by atoms with van der Waals surface area (Å²) in [4.78, 5) is 11.1. The van der Waals surface area contributed by atoms with Gasteiger partial charge in [0, 0.05) is 0 Å². The van der Waals surface area contributed by atoms with E-state index in [1.54, 1.807) is 36.4 Å². The van der Waals surface area contributed by atoms with Crippen molar-refractivity contribution in [2.24, 2.45) is 0 Å². The Bertz CT molecular complexity index is 391. The number of hydrogen-bond donors (Lipinski definition) is 0. The molecule has 0 radical (unpaired) electrons. The average Bonchev–Trinajstić information content (AvgIpc) is 2.25. The monoisotopic (exact) mass is 187 g/mol. The number of carbonyl (C=O) groups excluding carboxylic acids is 1. The standard InChI is InChI=1S/C11H9NO2/c1-2-7-14-11-6-4-3-5-9(11)10(13)8-12/h2-6H,1,7H2. The number of para-hydroxylation sites is 1. The summed E-state index contributed by atoms with van der Waals surface area (Å²) in [5, 5.41) is 8.46. The van der Waals surface area contributed by atoms with Gasteiger partial charge in [-0.15, -0.1) is 0 Å². The van der Waals surface area contributed by atoms with Crippen molar-refractivity contribution in [3.8, 4) is 11.8 Å². The number of Topliss-reactive ketones (excluding diaryl/α,β-unsaturated/α-hetero) is 1. The van der Waals surface area contributed by atoms with E-state index >= 15 is 0 Å². The molecule has 3 nitrogen and oxygen atoms in total. The molecule has 1 aromatic carbocycles.